The zero-order chi connectivity index (χ0) is 50.9. The van der Waals surface area contributed by atoms with Gasteiger partial charge in [-0.25, -0.2) is 14.4 Å². The number of primary amides is 1. The minimum absolute atomic E-state index is 0.0585. The maximum absolute atomic E-state index is 13.6. The predicted octanol–water partition coefficient (Wildman–Crippen LogP) is -6.41. The monoisotopic (exact) mass is 957 g/mol. The zero-order valence-corrected chi connectivity index (χ0v) is 38.7. The number of hydrogen-bond acceptors (Lipinski definition) is 17. The molecule has 374 valence electrons. The molecule has 3 rings (SSSR count). The molecule has 68 heavy (non-hydrogen) atoms. The molecule has 0 spiro atoms. The summed E-state index contributed by atoms with van der Waals surface area (Å²) in [4.78, 5) is 153. The molecule has 3 heterocycles. The largest absolute Gasteiger partial charge is 0.383 e. The van der Waals surface area contributed by atoms with Gasteiger partial charge in [-0.2, -0.15) is 9.97 Å². The van der Waals surface area contributed by atoms with Crippen molar-refractivity contribution in [2.75, 3.05) is 84.0 Å². The number of rotatable bonds is 27. The summed E-state index contributed by atoms with van der Waals surface area (Å²) in [5.74, 6) is -5.32. The average Bonchev–Trinajstić information content (AvgIpc) is 3.28. The number of anilines is 2. The Morgan fingerprint density at radius 1 is 0.691 bits per heavy atom. The van der Waals surface area contributed by atoms with E-state index in [1.54, 1.807) is 7.05 Å². The summed E-state index contributed by atoms with van der Waals surface area (Å²) in [6, 6.07) is 1.50. The van der Waals surface area contributed by atoms with Crippen LogP contribution in [0.15, 0.2) is 49.9 Å². The van der Waals surface area contributed by atoms with E-state index in [0.29, 0.717) is 19.4 Å². The van der Waals surface area contributed by atoms with Gasteiger partial charge in [0.15, 0.2) is 0 Å². The molecule has 13 N–H and O–H groups in total. The van der Waals surface area contributed by atoms with Gasteiger partial charge in [0, 0.05) is 63.4 Å². The Morgan fingerprint density at radius 3 is 1.56 bits per heavy atom. The molecule has 28 nitrogen and oxygen atoms in total. The van der Waals surface area contributed by atoms with E-state index in [1.165, 1.54) is 42.5 Å². The molecule has 7 amide bonds. The summed E-state index contributed by atoms with van der Waals surface area (Å²) in [5.41, 5.74) is 19.2. The van der Waals surface area contributed by atoms with Gasteiger partial charge in [0.25, 0.3) is 5.56 Å². The van der Waals surface area contributed by atoms with Gasteiger partial charge in [-0.3, -0.25) is 57.0 Å². The molecule has 0 radical (unpaired) electrons. The van der Waals surface area contributed by atoms with E-state index in [2.05, 4.69) is 36.2 Å². The summed E-state index contributed by atoms with van der Waals surface area (Å²) in [6.07, 6.45) is 4.91. The van der Waals surface area contributed by atoms with Crippen molar-refractivity contribution in [3.63, 3.8) is 0 Å². The van der Waals surface area contributed by atoms with Crippen LogP contribution in [0, 0.1) is 6.92 Å². The third kappa shape index (κ3) is 19.4. The number of amides is 7. The summed E-state index contributed by atoms with van der Waals surface area (Å²) in [6.45, 7) is 1.67. The molecule has 28 heteroatoms. The molecule has 0 saturated carbocycles. The molecule has 3 aromatic rings. The smallest absolute Gasteiger partial charge is 0.349 e. The molecule has 1 atom stereocenters. The number of aromatic amines is 1. The standard InChI is InChI=1S/C38H57N17O11.C2H6/c1-24-17-55(38(66)49-35(24)63)23-33(61)50(14-9-43-2)18-28(56)44-10-15-51(31(59)21-53-12-6-26(40)47-36(53)64)19-29(57)45-11-16-52(32(60)22-54-13-7-27(41)48-37(54)65)20-30(58)46-25(34(42)62)5-3-4-8-39;1-2/h6-7,12-13,17,25,43H,3-5,8-11,14-16,18-23,39H2,1-2H3,(H2,42,62)(H,44,56)(H,45,57)(H,46,58)(H2,40,47,64)(H2,41,48,65)(H,49,63,66);1-2H3. The lowest BCUT2D eigenvalue weighted by atomic mass is 10.1. The van der Waals surface area contributed by atoms with Gasteiger partial charge in [0.2, 0.25) is 41.4 Å². The summed E-state index contributed by atoms with van der Waals surface area (Å²) < 4.78 is 2.89. The number of nitrogens with one attached hydrogen (secondary N) is 5. The fourth-order valence-electron chi connectivity index (χ4n) is 6.03. The summed E-state index contributed by atoms with van der Waals surface area (Å²) in [5, 5.41) is 10.5. The Bertz CT molecular complexity index is 2450. The second kappa shape index (κ2) is 29.0. The maximum Gasteiger partial charge on any atom is 0.349 e. The van der Waals surface area contributed by atoms with Gasteiger partial charge in [-0.05, 0) is 51.9 Å². The molecule has 0 fully saturated rings. The van der Waals surface area contributed by atoms with E-state index in [0.717, 1.165) is 23.5 Å². The first-order chi connectivity index (χ1) is 32.3. The molecule has 1 unspecified atom stereocenters. The number of carbonyl (C=O) groups excluding carboxylic acids is 7. The van der Waals surface area contributed by atoms with Gasteiger partial charge < -0.3 is 58.9 Å². The fourth-order valence-corrected chi connectivity index (χ4v) is 6.03. The van der Waals surface area contributed by atoms with Crippen molar-refractivity contribution >= 4 is 53.0 Å². The van der Waals surface area contributed by atoms with Gasteiger partial charge in [0.05, 0.1) is 19.6 Å². The average molecular weight is 958 g/mol. The highest BCUT2D eigenvalue weighted by molar-refractivity contribution is 5.90. The third-order valence-corrected chi connectivity index (χ3v) is 9.62. The van der Waals surface area contributed by atoms with E-state index >= 15 is 0 Å². The van der Waals surface area contributed by atoms with E-state index in [-0.39, 0.29) is 62.9 Å². The Balaban J connectivity index is 0.00000782. The maximum atomic E-state index is 13.6. The number of hydrogen-bond donors (Lipinski definition) is 9. The quantitative estimate of drug-likeness (QED) is 0.0321. The number of aromatic nitrogens is 6. The molecule has 3 aromatic heterocycles. The van der Waals surface area contributed by atoms with E-state index in [1.807, 2.05) is 13.8 Å². The van der Waals surface area contributed by atoms with Crippen LogP contribution in [0.4, 0.5) is 11.6 Å². The fraction of sp³-hybridized carbons (Fsp3) is 0.525. The number of H-pyrrole nitrogens is 1. The van der Waals surface area contributed by atoms with Crippen LogP contribution < -0.4 is 66.8 Å². The molecule has 0 aliphatic carbocycles. The third-order valence-electron chi connectivity index (χ3n) is 9.62. The van der Waals surface area contributed by atoms with Crippen molar-refractivity contribution < 1.29 is 33.6 Å². The Hall–Kier alpha value is -7.75. The first kappa shape index (κ1) is 56.4. The van der Waals surface area contributed by atoms with Crippen molar-refractivity contribution in [2.45, 2.75) is 65.7 Å². The number of likely N-dealkylation sites (N-methyl/N-ethyl adjacent to an activating group) is 1. The van der Waals surface area contributed by atoms with Crippen LogP contribution in [0.1, 0.15) is 38.7 Å². The van der Waals surface area contributed by atoms with Crippen LogP contribution in [0.25, 0.3) is 0 Å². The number of nitrogen functional groups attached to an aromatic ring is 2. The van der Waals surface area contributed by atoms with Crippen LogP contribution >= 0.6 is 0 Å². The molecule has 0 aliphatic rings. The first-order valence-electron chi connectivity index (χ1n) is 21.6. The zero-order valence-electron chi connectivity index (χ0n) is 38.7. The van der Waals surface area contributed by atoms with Crippen molar-refractivity contribution in [2.24, 2.45) is 11.5 Å². The Morgan fingerprint density at radius 2 is 1.13 bits per heavy atom. The molecule has 0 aliphatic heterocycles. The number of nitrogens with two attached hydrogens (primary N) is 4. The van der Waals surface area contributed by atoms with Crippen LogP contribution in [0.3, 0.4) is 0 Å². The van der Waals surface area contributed by atoms with Crippen LogP contribution in [0.2, 0.25) is 0 Å². The number of carbonyl (C=O) groups is 7. The van der Waals surface area contributed by atoms with E-state index < -0.39 is 109 Å². The first-order valence-corrected chi connectivity index (χ1v) is 21.6. The summed E-state index contributed by atoms with van der Waals surface area (Å²) >= 11 is 0. The lowest BCUT2D eigenvalue weighted by Crippen LogP contribution is -2.51. The molecule has 0 bridgehead atoms. The molecular formula is C40H63N17O11. The van der Waals surface area contributed by atoms with Crippen molar-refractivity contribution in [1.29, 1.82) is 0 Å². The van der Waals surface area contributed by atoms with Gasteiger partial charge in [-0.15, -0.1) is 0 Å². The second-order valence-electron chi connectivity index (χ2n) is 14.8. The second-order valence-corrected chi connectivity index (χ2v) is 14.8. The highest BCUT2D eigenvalue weighted by atomic mass is 16.2. The predicted molar refractivity (Wildman–Crippen MR) is 247 cm³/mol. The normalized spacial score (nSPS) is 11.0. The van der Waals surface area contributed by atoms with Gasteiger partial charge in [-0.1, -0.05) is 13.8 Å². The van der Waals surface area contributed by atoms with Gasteiger partial charge >= 0.3 is 17.1 Å². The lowest BCUT2D eigenvalue weighted by molar-refractivity contribution is -0.138. The minimum atomic E-state index is -1.07. The SMILES string of the molecule is CC.CNCCN(CC(=O)NCCN(CC(=O)NCCN(CC(=O)NC(CCCCN)C(N)=O)C(=O)Cn1ccc(N)nc1=O)C(=O)Cn1ccc(N)nc1=O)C(=O)Cn1cc(C)c(=O)[nH]c1=O. The van der Waals surface area contributed by atoms with E-state index in [4.69, 9.17) is 22.9 Å². The van der Waals surface area contributed by atoms with Crippen LogP contribution in [-0.4, -0.2) is 163 Å². The van der Waals surface area contributed by atoms with Crippen molar-refractivity contribution in [1.82, 2.24) is 64.6 Å². The number of aryl methyl sites for hydroxylation is 1. The summed E-state index contributed by atoms with van der Waals surface area (Å²) in [7, 11) is 1.63. The van der Waals surface area contributed by atoms with E-state index in [9.17, 15) is 52.7 Å². The molecular weight excluding hydrogens is 895 g/mol. The molecule has 0 saturated heterocycles. The van der Waals surface area contributed by atoms with Crippen LogP contribution in [-0.2, 0) is 53.2 Å². The highest BCUT2D eigenvalue weighted by Crippen LogP contribution is 2.03. The molecule has 0 aromatic carbocycles. The lowest BCUT2D eigenvalue weighted by Gasteiger charge is -2.26. The topological polar surface area (TPSA) is 406 Å². The minimum Gasteiger partial charge on any atom is -0.383 e. The Labute approximate surface area is 389 Å². The van der Waals surface area contributed by atoms with Crippen molar-refractivity contribution in [3.05, 3.63) is 78.1 Å². The van der Waals surface area contributed by atoms with Crippen LogP contribution in [0.5, 0.6) is 0 Å². The highest BCUT2D eigenvalue weighted by Gasteiger charge is 2.24. The van der Waals surface area contributed by atoms with Crippen molar-refractivity contribution in [3.8, 4) is 0 Å². The number of nitrogens with zero attached hydrogens (tertiary/aromatic N) is 8. The van der Waals surface area contributed by atoms with Gasteiger partial charge in [0.1, 0.15) is 37.3 Å². The number of unbranched alkanes of at least 4 members (excludes halogenated alkanes) is 1. The Kier molecular flexibility index (Phi) is 24.1.